The number of fused-ring (bicyclic) bond motifs is 3. The highest BCUT2D eigenvalue weighted by Crippen LogP contribution is 2.58. The van der Waals surface area contributed by atoms with Gasteiger partial charge in [0.25, 0.3) is 0 Å². The Labute approximate surface area is 244 Å². The van der Waals surface area contributed by atoms with E-state index in [1.807, 2.05) is 0 Å². The Hall–Kier alpha value is -2.97. The Bertz CT molecular complexity index is 1260. The third-order valence-electron chi connectivity index (χ3n) is 9.97. The predicted octanol–water partition coefficient (Wildman–Crippen LogP) is 5.30. The minimum Gasteiger partial charge on any atom is -0.493 e. The van der Waals surface area contributed by atoms with Gasteiger partial charge in [0.15, 0.2) is 23.0 Å². The van der Waals surface area contributed by atoms with Gasteiger partial charge in [0, 0.05) is 25.0 Å². The van der Waals surface area contributed by atoms with Crippen molar-refractivity contribution in [2.45, 2.75) is 64.0 Å². The molecule has 0 radical (unpaired) electrons. The van der Waals surface area contributed by atoms with Crippen LogP contribution in [-0.4, -0.2) is 75.5 Å². The zero-order valence-corrected chi connectivity index (χ0v) is 25.5. The molecule has 4 atom stereocenters. The Kier molecular flexibility index (Phi) is 8.71. The smallest absolute Gasteiger partial charge is 0.306 e. The average molecular weight is 567 g/mol. The Morgan fingerprint density at radius 3 is 2.12 bits per heavy atom. The van der Waals surface area contributed by atoms with E-state index in [2.05, 4.69) is 47.9 Å². The van der Waals surface area contributed by atoms with Crippen molar-refractivity contribution in [3.8, 4) is 23.0 Å². The number of rotatable bonds is 9. The average Bonchev–Trinajstić information content (AvgIpc) is 3.00. The molecule has 5 rings (SSSR count). The number of hydrogen-bond acceptors (Lipinski definition) is 7. The molecule has 4 unspecified atom stereocenters. The highest BCUT2D eigenvalue weighted by atomic mass is 16.5. The van der Waals surface area contributed by atoms with Crippen LogP contribution in [0.15, 0.2) is 24.3 Å². The van der Waals surface area contributed by atoms with Crippen molar-refractivity contribution in [3.05, 3.63) is 46.5 Å². The summed E-state index contributed by atoms with van der Waals surface area (Å²) in [5.74, 6) is 1.89. The molecule has 2 heterocycles. The van der Waals surface area contributed by atoms with E-state index in [0.29, 0.717) is 12.8 Å². The molecule has 2 aliphatic heterocycles. The molecule has 0 saturated heterocycles. The van der Waals surface area contributed by atoms with Gasteiger partial charge >= 0.3 is 5.97 Å². The van der Waals surface area contributed by atoms with Crippen LogP contribution in [0.5, 0.6) is 23.0 Å². The van der Waals surface area contributed by atoms with Gasteiger partial charge in [-0.2, -0.15) is 0 Å². The monoisotopic (exact) mass is 566 g/mol. The standard InChI is InChI=1S/C33H46N2O6/c1-7-13-35-15-11-22-18-28(39-4)30(41-6)20-25(22)33(35)12-9-23(32(36)37)16-26(33)31-24-19-29(40-5)27(38-3)17-21(24)10-14-34(31)8-2/h17-20,23,26,31H,7-16H2,1-6H3,(H,36,37). The van der Waals surface area contributed by atoms with E-state index in [-0.39, 0.29) is 23.4 Å². The van der Waals surface area contributed by atoms with Crippen molar-refractivity contribution in [1.29, 1.82) is 0 Å². The van der Waals surface area contributed by atoms with E-state index in [0.717, 1.165) is 74.9 Å². The van der Waals surface area contributed by atoms with Crippen molar-refractivity contribution in [3.63, 3.8) is 0 Å². The second-order valence-corrected chi connectivity index (χ2v) is 11.7. The molecule has 1 N–H and O–H groups in total. The van der Waals surface area contributed by atoms with E-state index >= 15 is 0 Å². The Balaban J connectivity index is 1.78. The fourth-order valence-electron chi connectivity index (χ4n) is 8.13. The molecule has 0 aromatic heterocycles. The molecular weight excluding hydrogens is 520 g/mol. The zero-order chi connectivity index (χ0) is 29.3. The fourth-order valence-corrected chi connectivity index (χ4v) is 8.13. The number of carbonyl (C=O) groups is 1. The molecule has 2 aromatic carbocycles. The summed E-state index contributed by atoms with van der Waals surface area (Å²) >= 11 is 0. The topological polar surface area (TPSA) is 80.7 Å². The number of likely N-dealkylation sites (N-methyl/N-ethyl adjacent to an activating group) is 1. The molecule has 2 aromatic rings. The molecule has 3 aliphatic rings. The zero-order valence-electron chi connectivity index (χ0n) is 25.5. The molecule has 1 saturated carbocycles. The second-order valence-electron chi connectivity index (χ2n) is 11.7. The number of ether oxygens (including phenoxy) is 4. The van der Waals surface area contributed by atoms with Crippen molar-refractivity contribution in [2.75, 3.05) is 54.6 Å². The maximum absolute atomic E-state index is 12.6. The lowest BCUT2D eigenvalue weighted by molar-refractivity contribution is -0.148. The highest BCUT2D eigenvalue weighted by Gasteiger charge is 2.56. The predicted molar refractivity (Wildman–Crippen MR) is 158 cm³/mol. The first-order valence-corrected chi connectivity index (χ1v) is 15.1. The maximum atomic E-state index is 12.6. The van der Waals surface area contributed by atoms with Gasteiger partial charge in [-0.25, -0.2) is 0 Å². The van der Waals surface area contributed by atoms with Crippen LogP contribution in [0.4, 0.5) is 0 Å². The largest absolute Gasteiger partial charge is 0.493 e. The SMILES string of the molecule is CCCN1CCc2cc(OC)c(OC)cc2C12CCC(C(=O)O)CC2C1c2cc(OC)c(OC)cc2CCN1CC. The highest BCUT2D eigenvalue weighted by molar-refractivity contribution is 5.70. The third kappa shape index (κ3) is 4.93. The quantitative estimate of drug-likeness (QED) is 0.438. The number of aliphatic carboxylic acids is 1. The van der Waals surface area contributed by atoms with Crippen LogP contribution in [0.2, 0.25) is 0 Å². The molecule has 8 heteroatoms. The summed E-state index contributed by atoms with van der Waals surface area (Å²) in [5, 5.41) is 10.3. The lowest BCUT2D eigenvalue weighted by Crippen LogP contribution is -2.61. The van der Waals surface area contributed by atoms with E-state index in [1.165, 1.54) is 22.3 Å². The Morgan fingerprint density at radius 1 is 0.902 bits per heavy atom. The van der Waals surface area contributed by atoms with Gasteiger partial charge in [-0.05, 0) is 98.1 Å². The summed E-state index contributed by atoms with van der Waals surface area (Å²) < 4.78 is 23.1. The van der Waals surface area contributed by atoms with Crippen molar-refractivity contribution in [1.82, 2.24) is 9.80 Å². The van der Waals surface area contributed by atoms with Gasteiger partial charge in [-0.15, -0.1) is 0 Å². The van der Waals surface area contributed by atoms with Crippen LogP contribution in [-0.2, 0) is 23.2 Å². The summed E-state index contributed by atoms with van der Waals surface area (Å²) in [6.45, 7) is 8.15. The maximum Gasteiger partial charge on any atom is 0.306 e. The first kappa shape index (κ1) is 29.5. The molecule has 0 bridgehead atoms. The normalized spacial score (nSPS) is 26.2. The molecule has 1 fully saturated rings. The van der Waals surface area contributed by atoms with Crippen molar-refractivity contribution in [2.24, 2.45) is 11.8 Å². The molecule has 1 spiro atoms. The van der Waals surface area contributed by atoms with Crippen LogP contribution in [0.3, 0.4) is 0 Å². The van der Waals surface area contributed by atoms with E-state index < -0.39 is 5.97 Å². The minimum atomic E-state index is -0.693. The summed E-state index contributed by atoms with van der Waals surface area (Å²) in [5.41, 5.74) is 4.70. The number of nitrogens with zero attached hydrogens (tertiary/aromatic N) is 2. The Morgan fingerprint density at radius 2 is 1.51 bits per heavy atom. The van der Waals surface area contributed by atoms with Gasteiger partial charge in [-0.3, -0.25) is 14.6 Å². The summed E-state index contributed by atoms with van der Waals surface area (Å²) in [6, 6.07) is 8.66. The molecule has 224 valence electrons. The molecule has 41 heavy (non-hydrogen) atoms. The van der Waals surface area contributed by atoms with Gasteiger partial charge in [-0.1, -0.05) is 13.8 Å². The van der Waals surface area contributed by atoms with E-state index in [4.69, 9.17) is 18.9 Å². The summed E-state index contributed by atoms with van der Waals surface area (Å²) in [4.78, 5) is 17.8. The number of hydrogen-bond donors (Lipinski definition) is 1. The van der Waals surface area contributed by atoms with Crippen LogP contribution < -0.4 is 18.9 Å². The van der Waals surface area contributed by atoms with Gasteiger partial charge in [0.05, 0.1) is 39.9 Å². The van der Waals surface area contributed by atoms with Crippen LogP contribution in [0.25, 0.3) is 0 Å². The molecule has 0 amide bonds. The lowest BCUT2D eigenvalue weighted by Gasteiger charge is -2.59. The first-order valence-electron chi connectivity index (χ1n) is 15.1. The van der Waals surface area contributed by atoms with E-state index in [9.17, 15) is 9.90 Å². The summed E-state index contributed by atoms with van der Waals surface area (Å²) in [6.07, 6.45) is 4.92. The molecule has 1 aliphatic carbocycles. The van der Waals surface area contributed by atoms with Gasteiger partial charge < -0.3 is 24.1 Å². The minimum absolute atomic E-state index is 0.0316. The van der Waals surface area contributed by atoms with Crippen molar-refractivity contribution < 1.29 is 28.8 Å². The third-order valence-corrected chi connectivity index (χ3v) is 9.97. The van der Waals surface area contributed by atoms with Crippen LogP contribution in [0.1, 0.15) is 67.8 Å². The van der Waals surface area contributed by atoms with Crippen LogP contribution in [0, 0.1) is 11.8 Å². The summed E-state index contributed by atoms with van der Waals surface area (Å²) in [7, 11) is 6.74. The first-order chi connectivity index (χ1) is 19.9. The number of benzene rings is 2. The number of carboxylic acid groups (broad SMARTS) is 1. The van der Waals surface area contributed by atoms with E-state index in [1.54, 1.807) is 28.4 Å². The molecule has 8 nitrogen and oxygen atoms in total. The van der Waals surface area contributed by atoms with Crippen LogP contribution >= 0.6 is 0 Å². The molecular formula is C33H46N2O6. The van der Waals surface area contributed by atoms with Gasteiger partial charge in [0.1, 0.15) is 0 Å². The fraction of sp³-hybridized carbons (Fsp3) is 0.606. The number of methoxy groups -OCH3 is 4. The van der Waals surface area contributed by atoms with Gasteiger partial charge in [0.2, 0.25) is 0 Å². The second kappa shape index (κ2) is 12.1. The lowest BCUT2D eigenvalue weighted by atomic mass is 9.58. The van der Waals surface area contributed by atoms with Crippen molar-refractivity contribution >= 4 is 5.97 Å². The number of carboxylic acids is 1.